The molecule has 0 atom stereocenters. The minimum Gasteiger partial charge on any atom is -0.494 e. The van der Waals surface area contributed by atoms with Crippen molar-refractivity contribution in [1.82, 2.24) is 9.80 Å². The minimum atomic E-state index is -5.04. The van der Waals surface area contributed by atoms with Gasteiger partial charge in [0.25, 0.3) is 5.91 Å². The summed E-state index contributed by atoms with van der Waals surface area (Å²) in [4.78, 5) is 16.7. The Kier molecular flexibility index (Phi) is 9.24. The zero-order chi connectivity index (χ0) is 26.3. The smallest absolute Gasteiger partial charge is 0.416 e. The van der Waals surface area contributed by atoms with Crippen molar-refractivity contribution < 1.29 is 40.6 Å². The van der Waals surface area contributed by atoms with Gasteiger partial charge in [-0.15, -0.1) is 0 Å². The highest BCUT2D eigenvalue weighted by atomic mass is 19.4. The second-order valence-electron chi connectivity index (χ2n) is 8.41. The number of alkyl halides is 6. The summed E-state index contributed by atoms with van der Waals surface area (Å²) in [6, 6.07) is 7.78. The molecule has 2 aromatic rings. The van der Waals surface area contributed by atoms with Gasteiger partial charge in [-0.2, -0.15) is 26.3 Å². The molecule has 1 amide bonds. The molecule has 0 aliphatic carbocycles. The van der Waals surface area contributed by atoms with E-state index in [1.165, 1.54) is 4.90 Å². The average Bonchev–Trinajstić information content (AvgIpc) is 2.83. The standard InChI is InChI=1S/C25H28F6N2O3/c1-2-36-22-6-4-18(5-7-22)17-33(9-3-8-32-10-12-35-13-11-32)23(34)19-14-20(24(26,27)28)16-21(15-19)25(29,30)31/h4-7,14-16H,2-3,8-13,17H2,1H3. The molecule has 0 bridgehead atoms. The summed E-state index contributed by atoms with van der Waals surface area (Å²) < 4.78 is 90.7. The first-order valence-electron chi connectivity index (χ1n) is 11.6. The molecule has 1 fully saturated rings. The highest BCUT2D eigenvalue weighted by Crippen LogP contribution is 2.36. The molecule has 2 aromatic carbocycles. The van der Waals surface area contributed by atoms with Gasteiger partial charge >= 0.3 is 12.4 Å². The number of nitrogens with zero attached hydrogens (tertiary/aromatic N) is 2. The van der Waals surface area contributed by atoms with Gasteiger partial charge in [-0.1, -0.05) is 12.1 Å². The number of benzene rings is 2. The van der Waals surface area contributed by atoms with E-state index >= 15 is 0 Å². The quantitative estimate of drug-likeness (QED) is 0.412. The molecule has 1 aliphatic rings. The van der Waals surface area contributed by atoms with Crippen LogP contribution in [0.4, 0.5) is 26.3 Å². The summed E-state index contributed by atoms with van der Waals surface area (Å²) in [6.45, 7) is 5.68. The van der Waals surface area contributed by atoms with Crippen LogP contribution < -0.4 is 4.74 Å². The molecular weight excluding hydrogens is 490 g/mol. The van der Waals surface area contributed by atoms with Crippen LogP contribution in [0, 0.1) is 0 Å². The van der Waals surface area contributed by atoms with Crippen molar-refractivity contribution >= 4 is 5.91 Å². The highest BCUT2D eigenvalue weighted by molar-refractivity contribution is 5.94. The fourth-order valence-electron chi connectivity index (χ4n) is 3.90. The third kappa shape index (κ3) is 7.86. The summed E-state index contributed by atoms with van der Waals surface area (Å²) in [5.41, 5.74) is -3.03. The highest BCUT2D eigenvalue weighted by Gasteiger charge is 2.38. The largest absolute Gasteiger partial charge is 0.494 e. The van der Waals surface area contributed by atoms with Gasteiger partial charge in [0, 0.05) is 38.3 Å². The molecule has 11 heteroatoms. The molecule has 36 heavy (non-hydrogen) atoms. The predicted molar refractivity (Wildman–Crippen MR) is 121 cm³/mol. The van der Waals surface area contributed by atoms with Crippen LogP contribution in [0.1, 0.15) is 40.4 Å². The van der Waals surface area contributed by atoms with E-state index in [1.54, 1.807) is 24.3 Å². The first kappa shape index (κ1) is 27.8. The monoisotopic (exact) mass is 518 g/mol. The van der Waals surface area contributed by atoms with E-state index in [2.05, 4.69) is 4.90 Å². The number of halogens is 6. The van der Waals surface area contributed by atoms with Crippen molar-refractivity contribution in [3.8, 4) is 5.75 Å². The third-order valence-corrected chi connectivity index (χ3v) is 5.74. The maximum absolute atomic E-state index is 13.3. The molecule has 0 radical (unpaired) electrons. The molecular formula is C25H28F6N2O3. The molecule has 0 N–H and O–H groups in total. The second-order valence-corrected chi connectivity index (χ2v) is 8.41. The van der Waals surface area contributed by atoms with Crippen LogP contribution in [0.25, 0.3) is 0 Å². The third-order valence-electron chi connectivity index (χ3n) is 5.74. The second kappa shape index (κ2) is 12.0. The first-order valence-corrected chi connectivity index (χ1v) is 11.6. The number of morpholine rings is 1. The summed E-state index contributed by atoms with van der Waals surface area (Å²) in [7, 11) is 0. The molecule has 1 saturated heterocycles. The fraction of sp³-hybridized carbons (Fsp3) is 0.480. The van der Waals surface area contributed by atoms with Crippen LogP contribution in [-0.4, -0.2) is 61.7 Å². The first-order chi connectivity index (χ1) is 17.0. The van der Waals surface area contributed by atoms with E-state index < -0.39 is 35.0 Å². The molecule has 0 aromatic heterocycles. The molecule has 3 rings (SSSR count). The van der Waals surface area contributed by atoms with Crippen molar-refractivity contribution in [2.75, 3.05) is 46.0 Å². The van der Waals surface area contributed by atoms with Gasteiger partial charge in [-0.25, -0.2) is 0 Å². The Morgan fingerprint density at radius 3 is 2.08 bits per heavy atom. The Bertz CT molecular complexity index is 970. The number of hydrogen-bond acceptors (Lipinski definition) is 4. The number of carbonyl (C=O) groups excluding carboxylic acids is 1. The Hall–Kier alpha value is -2.79. The Labute approximate surface area is 205 Å². The lowest BCUT2D eigenvalue weighted by Crippen LogP contribution is -2.39. The van der Waals surface area contributed by atoms with Crippen LogP contribution >= 0.6 is 0 Å². The molecule has 0 unspecified atom stereocenters. The van der Waals surface area contributed by atoms with E-state index in [0.717, 1.165) is 13.1 Å². The summed E-state index contributed by atoms with van der Waals surface area (Å²) in [5, 5.41) is 0. The molecule has 0 saturated carbocycles. The van der Waals surface area contributed by atoms with Gasteiger partial charge < -0.3 is 14.4 Å². The number of rotatable bonds is 9. The molecule has 0 spiro atoms. The van der Waals surface area contributed by atoms with Crippen molar-refractivity contribution in [2.45, 2.75) is 32.2 Å². The number of carbonyl (C=O) groups is 1. The lowest BCUT2D eigenvalue weighted by molar-refractivity contribution is -0.143. The molecule has 5 nitrogen and oxygen atoms in total. The number of ether oxygens (including phenoxy) is 2. The van der Waals surface area contributed by atoms with Crippen molar-refractivity contribution in [1.29, 1.82) is 0 Å². The van der Waals surface area contributed by atoms with Gasteiger partial charge in [0.2, 0.25) is 0 Å². The van der Waals surface area contributed by atoms with Gasteiger partial charge in [0.1, 0.15) is 5.75 Å². The van der Waals surface area contributed by atoms with Crippen molar-refractivity contribution in [3.05, 3.63) is 64.7 Å². The molecule has 1 heterocycles. The number of amides is 1. The van der Waals surface area contributed by atoms with Crippen LogP contribution in [0.15, 0.2) is 42.5 Å². The van der Waals surface area contributed by atoms with Crippen molar-refractivity contribution in [2.24, 2.45) is 0 Å². The normalized spacial score (nSPS) is 15.1. The van der Waals surface area contributed by atoms with E-state index in [1.807, 2.05) is 6.92 Å². The SMILES string of the molecule is CCOc1ccc(CN(CCCN2CCOCC2)C(=O)c2cc(C(F)(F)F)cc(C(F)(F)F)c2)cc1. The van der Waals surface area contributed by atoms with Gasteiger partial charge in [0.15, 0.2) is 0 Å². The van der Waals surface area contributed by atoms with Gasteiger partial charge in [-0.3, -0.25) is 9.69 Å². The summed E-state index contributed by atoms with van der Waals surface area (Å²) in [6.07, 6.45) is -9.58. The van der Waals surface area contributed by atoms with Crippen LogP contribution in [0.5, 0.6) is 5.75 Å². The van der Waals surface area contributed by atoms with Gasteiger partial charge in [-0.05, 0) is 49.2 Å². The Morgan fingerprint density at radius 2 is 1.56 bits per heavy atom. The van der Waals surface area contributed by atoms with Crippen LogP contribution in [0.2, 0.25) is 0 Å². The Morgan fingerprint density at radius 1 is 0.972 bits per heavy atom. The summed E-state index contributed by atoms with van der Waals surface area (Å²) in [5.74, 6) is -0.290. The lowest BCUT2D eigenvalue weighted by atomic mass is 10.0. The van der Waals surface area contributed by atoms with Crippen LogP contribution in [0.3, 0.4) is 0 Å². The van der Waals surface area contributed by atoms with Gasteiger partial charge in [0.05, 0.1) is 30.9 Å². The van der Waals surface area contributed by atoms with E-state index in [0.29, 0.717) is 56.2 Å². The maximum Gasteiger partial charge on any atom is 0.416 e. The summed E-state index contributed by atoms with van der Waals surface area (Å²) >= 11 is 0. The zero-order valence-corrected chi connectivity index (χ0v) is 19.8. The zero-order valence-electron chi connectivity index (χ0n) is 19.8. The number of hydrogen-bond donors (Lipinski definition) is 0. The lowest BCUT2D eigenvalue weighted by Gasteiger charge is -2.29. The predicted octanol–water partition coefficient (Wildman–Crippen LogP) is 5.49. The van der Waals surface area contributed by atoms with Crippen molar-refractivity contribution in [3.63, 3.8) is 0 Å². The maximum atomic E-state index is 13.3. The molecule has 1 aliphatic heterocycles. The van der Waals surface area contributed by atoms with E-state index in [4.69, 9.17) is 9.47 Å². The molecule has 198 valence electrons. The van der Waals surface area contributed by atoms with E-state index in [9.17, 15) is 31.1 Å². The average molecular weight is 518 g/mol. The van der Waals surface area contributed by atoms with E-state index in [-0.39, 0.29) is 19.2 Å². The van der Waals surface area contributed by atoms with Crippen LogP contribution in [-0.2, 0) is 23.6 Å². The Balaban J connectivity index is 1.86. The topological polar surface area (TPSA) is 42.0 Å². The minimum absolute atomic E-state index is 0.0198. The fourth-order valence-corrected chi connectivity index (χ4v) is 3.90.